The summed E-state index contributed by atoms with van der Waals surface area (Å²) in [5.41, 5.74) is 1.90. The second kappa shape index (κ2) is 8.05. The number of ether oxygens (including phenoxy) is 1. The molecule has 1 N–H and O–H groups in total. The van der Waals surface area contributed by atoms with Gasteiger partial charge in [-0.25, -0.2) is 8.42 Å². The van der Waals surface area contributed by atoms with E-state index in [0.29, 0.717) is 18.1 Å². The minimum Gasteiger partial charge on any atom is -0.497 e. The summed E-state index contributed by atoms with van der Waals surface area (Å²) < 4.78 is 29.2. The first kappa shape index (κ1) is 18.7. The van der Waals surface area contributed by atoms with Crippen LogP contribution in [0.5, 0.6) is 5.75 Å². The molecule has 2 aromatic carbocycles. The molecule has 7 heteroatoms. The molecule has 0 unspecified atom stereocenters. The predicted octanol–water partition coefficient (Wildman–Crippen LogP) is 3.08. The van der Waals surface area contributed by atoms with Gasteiger partial charge in [0.1, 0.15) is 5.75 Å². The highest BCUT2D eigenvalue weighted by atomic mass is 32.2. The second-order valence-corrected chi connectivity index (χ2v) is 8.95. The van der Waals surface area contributed by atoms with Gasteiger partial charge in [0, 0.05) is 24.3 Å². The van der Waals surface area contributed by atoms with E-state index in [1.165, 1.54) is 0 Å². The van der Waals surface area contributed by atoms with Gasteiger partial charge in [0.2, 0.25) is 0 Å². The molecule has 0 amide bonds. The van der Waals surface area contributed by atoms with E-state index in [1.807, 2.05) is 59.5 Å². The van der Waals surface area contributed by atoms with E-state index in [4.69, 9.17) is 17.0 Å². The van der Waals surface area contributed by atoms with Crippen LogP contribution in [-0.2, 0) is 16.4 Å². The minimum absolute atomic E-state index is 0.120. The van der Waals surface area contributed by atoms with Crippen LogP contribution in [0.4, 0.5) is 5.69 Å². The largest absolute Gasteiger partial charge is 0.497 e. The van der Waals surface area contributed by atoms with Crippen molar-refractivity contribution in [2.24, 2.45) is 0 Å². The molecule has 1 heterocycles. The maximum Gasteiger partial charge on any atom is 0.174 e. The number of rotatable bonds is 5. The standard InChI is InChI=1S/C19H22N2O3S2/c1-24-18-9-5-8-16(12-18)20-19(25)21(13-15-6-3-2-4-7-15)17-10-11-26(22,23)14-17/h2-9,12,17H,10-11,13-14H2,1H3,(H,20,25)/t17-/m0/s1. The van der Waals surface area contributed by atoms with Gasteiger partial charge in [-0.2, -0.15) is 0 Å². The maximum absolute atomic E-state index is 12.0. The first-order valence-corrected chi connectivity index (χ1v) is 10.7. The highest BCUT2D eigenvalue weighted by Crippen LogP contribution is 2.23. The summed E-state index contributed by atoms with van der Waals surface area (Å²) in [7, 11) is -1.39. The van der Waals surface area contributed by atoms with E-state index in [9.17, 15) is 8.42 Å². The molecule has 0 spiro atoms. The van der Waals surface area contributed by atoms with Gasteiger partial charge in [0.15, 0.2) is 14.9 Å². The van der Waals surface area contributed by atoms with Crippen LogP contribution in [0.25, 0.3) is 0 Å². The van der Waals surface area contributed by atoms with E-state index in [1.54, 1.807) is 7.11 Å². The van der Waals surface area contributed by atoms with Crippen molar-refractivity contribution in [3.05, 3.63) is 60.2 Å². The van der Waals surface area contributed by atoms with Crippen LogP contribution in [0, 0.1) is 0 Å². The van der Waals surface area contributed by atoms with Crippen LogP contribution in [-0.4, -0.2) is 43.1 Å². The highest BCUT2D eigenvalue weighted by molar-refractivity contribution is 7.91. The summed E-state index contributed by atoms with van der Waals surface area (Å²) in [5, 5.41) is 3.74. The minimum atomic E-state index is -3.00. The predicted molar refractivity (Wildman–Crippen MR) is 108 cm³/mol. The monoisotopic (exact) mass is 390 g/mol. The van der Waals surface area contributed by atoms with Gasteiger partial charge in [0.05, 0.1) is 18.6 Å². The molecule has 1 aliphatic rings. The summed E-state index contributed by atoms with van der Waals surface area (Å²) in [6.07, 6.45) is 0.592. The Bertz CT molecular complexity index is 869. The molecule has 1 saturated heterocycles. The van der Waals surface area contributed by atoms with Crippen molar-refractivity contribution in [2.75, 3.05) is 23.9 Å². The number of nitrogens with one attached hydrogen (secondary N) is 1. The number of anilines is 1. The molecule has 26 heavy (non-hydrogen) atoms. The SMILES string of the molecule is COc1cccc(NC(=S)N(Cc2ccccc2)[C@H]2CCS(=O)(=O)C2)c1. The normalized spacial score (nSPS) is 18.3. The van der Waals surface area contributed by atoms with Crippen LogP contribution >= 0.6 is 12.2 Å². The molecule has 1 fully saturated rings. The van der Waals surface area contributed by atoms with Crippen molar-refractivity contribution in [1.82, 2.24) is 4.90 Å². The maximum atomic E-state index is 12.0. The Kier molecular flexibility index (Phi) is 5.78. The summed E-state index contributed by atoms with van der Waals surface area (Å²) in [6.45, 7) is 0.566. The Morgan fingerprint density at radius 3 is 2.65 bits per heavy atom. The lowest BCUT2D eigenvalue weighted by Crippen LogP contribution is -2.42. The van der Waals surface area contributed by atoms with Crippen molar-refractivity contribution in [3.8, 4) is 5.75 Å². The van der Waals surface area contributed by atoms with Crippen LogP contribution < -0.4 is 10.1 Å². The van der Waals surface area contributed by atoms with Gasteiger partial charge in [-0.05, 0) is 36.3 Å². The van der Waals surface area contributed by atoms with Crippen molar-refractivity contribution < 1.29 is 13.2 Å². The smallest absolute Gasteiger partial charge is 0.174 e. The number of methoxy groups -OCH3 is 1. The molecular weight excluding hydrogens is 368 g/mol. The zero-order valence-corrected chi connectivity index (χ0v) is 16.2. The second-order valence-electron chi connectivity index (χ2n) is 6.33. The van der Waals surface area contributed by atoms with Crippen LogP contribution in [0.1, 0.15) is 12.0 Å². The Hall–Kier alpha value is -2.12. The van der Waals surface area contributed by atoms with Gasteiger partial charge in [-0.15, -0.1) is 0 Å². The topological polar surface area (TPSA) is 58.6 Å². The fourth-order valence-electron chi connectivity index (χ4n) is 3.06. The molecule has 0 bridgehead atoms. The Balaban J connectivity index is 1.80. The number of thiocarbonyl (C=S) groups is 1. The molecule has 3 rings (SSSR count). The average Bonchev–Trinajstić information content (AvgIpc) is 3.00. The van der Waals surface area contributed by atoms with Crippen molar-refractivity contribution in [3.63, 3.8) is 0 Å². The van der Waals surface area contributed by atoms with Gasteiger partial charge in [-0.1, -0.05) is 36.4 Å². The summed E-state index contributed by atoms with van der Waals surface area (Å²) in [5.74, 6) is 1.08. The zero-order chi connectivity index (χ0) is 18.6. The summed E-state index contributed by atoms with van der Waals surface area (Å²) >= 11 is 5.63. The molecule has 5 nitrogen and oxygen atoms in total. The first-order valence-electron chi connectivity index (χ1n) is 8.43. The average molecular weight is 391 g/mol. The van der Waals surface area contributed by atoms with E-state index in [-0.39, 0.29) is 17.5 Å². The zero-order valence-electron chi connectivity index (χ0n) is 14.6. The number of hydrogen-bond acceptors (Lipinski definition) is 4. The molecule has 2 aromatic rings. The Morgan fingerprint density at radius 2 is 2.00 bits per heavy atom. The lowest BCUT2D eigenvalue weighted by Gasteiger charge is -2.31. The third kappa shape index (κ3) is 4.74. The third-order valence-corrected chi connectivity index (χ3v) is 6.51. The van der Waals surface area contributed by atoms with Crippen LogP contribution in [0.15, 0.2) is 54.6 Å². The van der Waals surface area contributed by atoms with Crippen molar-refractivity contribution in [1.29, 1.82) is 0 Å². The van der Waals surface area contributed by atoms with Crippen LogP contribution in [0.3, 0.4) is 0 Å². The van der Waals surface area contributed by atoms with E-state index in [0.717, 1.165) is 17.0 Å². The summed E-state index contributed by atoms with van der Waals surface area (Å²) in [4.78, 5) is 1.98. The lowest BCUT2D eigenvalue weighted by molar-refractivity contribution is 0.332. The molecule has 0 saturated carbocycles. The van der Waals surface area contributed by atoms with Gasteiger partial charge in [0.25, 0.3) is 0 Å². The van der Waals surface area contributed by atoms with E-state index in [2.05, 4.69) is 5.32 Å². The number of nitrogens with zero attached hydrogens (tertiary/aromatic N) is 1. The Labute approximate surface area is 159 Å². The van der Waals surface area contributed by atoms with E-state index < -0.39 is 9.84 Å². The molecule has 0 aliphatic carbocycles. The molecule has 138 valence electrons. The highest BCUT2D eigenvalue weighted by Gasteiger charge is 2.33. The number of benzene rings is 2. The number of sulfone groups is 1. The van der Waals surface area contributed by atoms with E-state index >= 15 is 0 Å². The number of hydrogen-bond donors (Lipinski definition) is 1. The van der Waals surface area contributed by atoms with Gasteiger partial charge < -0.3 is 15.0 Å². The fourth-order valence-corrected chi connectivity index (χ4v) is 5.13. The van der Waals surface area contributed by atoms with Crippen molar-refractivity contribution >= 4 is 32.9 Å². The third-order valence-electron chi connectivity index (χ3n) is 4.43. The molecule has 1 aliphatic heterocycles. The fraction of sp³-hybridized carbons (Fsp3) is 0.316. The Morgan fingerprint density at radius 1 is 1.23 bits per heavy atom. The molecule has 0 aromatic heterocycles. The summed E-state index contributed by atoms with van der Waals surface area (Å²) in [6, 6.07) is 17.3. The van der Waals surface area contributed by atoms with Gasteiger partial charge >= 0.3 is 0 Å². The van der Waals surface area contributed by atoms with Crippen LogP contribution in [0.2, 0.25) is 0 Å². The first-order chi connectivity index (χ1) is 12.5. The van der Waals surface area contributed by atoms with Gasteiger partial charge in [-0.3, -0.25) is 0 Å². The lowest BCUT2D eigenvalue weighted by atomic mass is 10.1. The molecular formula is C19H22N2O3S2. The molecule has 0 radical (unpaired) electrons. The van der Waals surface area contributed by atoms with Crippen molar-refractivity contribution in [2.45, 2.75) is 19.0 Å². The quantitative estimate of drug-likeness (QED) is 0.792. The molecule has 1 atom stereocenters.